The summed E-state index contributed by atoms with van der Waals surface area (Å²) < 4.78 is 10.2. The first kappa shape index (κ1) is 16.8. The fourth-order valence-corrected chi connectivity index (χ4v) is 1.17. The third kappa shape index (κ3) is 6.63. The second kappa shape index (κ2) is 7.50. The maximum absolute atomic E-state index is 11.5. The average molecular weight is 297 g/mol. The Balaban J connectivity index is 2.66. The third-order valence-corrected chi connectivity index (χ3v) is 1.96. The second-order valence-corrected chi connectivity index (χ2v) is 4.95. The highest BCUT2D eigenvalue weighted by atomic mass is 16.6. The topological polar surface area (TPSA) is 135 Å². The van der Waals surface area contributed by atoms with Crippen LogP contribution in [0.15, 0.2) is 17.1 Å². The molecule has 1 rings (SSSR count). The van der Waals surface area contributed by atoms with Crippen molar-refractivity contribution >= 4 is 11.9 Å². The lowest BCUT2D eigenvalue weighted by molar-refractivity contribution is 0.0604. The summed E-state index contributed by atoms with van der Waals surface area (Å²) in [6.07, 6.45) is -0.790. The number of aromatic nitrogens is 2. The summed E-state index contributed by atoms with van der Waals surface area (Å²) in [6, 6.07) is 3.06. The molecule has 1 aromatic heterocycles. The highest BCUT2D eigenvalue weighted by Crippen LogP contribution is 2.09. The van der Waals surface area contributed by atoms with Gasteiger partial charge in [-0.05, 0) is 26.8 Å². The summed E-state index contributed by atoms with van der Waals surface area (Å²) in [5, 5.41) is 7.57. The lowest BCUT2D eigenvalue weighted by Crippen LogP contribution is -2.25. The van der Waals surface area contributed by atoms with Crippen molar-refractivity contribution in [2.45, 2.75) is 26.4 Å². The van der Waals surface area contributed by atoms with E-state index in [2.05, 4.69) is 20.0 Å². The number of aliphatic imine (C=N–C) groups is 1. The van der Waals surface area contributed by atoms with Gasteiger partial charge < -0.3 is 20.0 Å². The normalized spacial score (nSPS) is 12.1. The van der Waals surface area contributed by atoms with Gasteiger partial charge in [-0.1, -0.05) is 0 Å². The molecular formula is C12H19N5O4. The summed E-state index contributed by atoms with van der Waals surface area (Å²) in [5.74, 6) is 5.04. The molecule has 0 aliphatic carbocycles. The summed E-state index contributed by atoms with van der Waals surface area (Å²) in [4.78, 5) is 19.4. The van der Waals surface area contributed by atoms with E-state index < -0.39 is 11.7 Å². The van der Waals surface area contributed by atoms with Crippen LogP contribution in [0.4, 0.5) is 4.79 Å². The largest absolute Gasteiger partial charge is 0.474 e. The Morgan fingerprint density at radius 1 is 1.29 bits per heavy atom. The fraction of sp³-hybridized carbons (Fsp3) is 0.500. The van der Waals surface area contributed by atoms with Gasteiger partial charge in [0.15, 0.2) is 5.84 Å². The van der Waals surface area contributed by atoms with Gasteiger partial charge in [-0.15, -0.1) is 10.2 Å². The number of amidine groups is 1. The smallest absolute Gasteiger partial charge is 0.436 e. The molecule has 0 bridgehead atoms. The molecule has 0 fully saturated rings. The van der Waals surface area contributed by atoms with Crippen molar-refractivity contribution in [3.8, 4) is 5.88 Å². The summed E-state index contributed by atoms with van der Waals surface area (Å²) in [6.45, 7) is 5.66. The number of hydrogen-bond donors (Lipinski definition) is 2. The quantitative estimate of drug-likeness (QED) is 0.345. The molecule has 0 unspecified atom stereocenters. The van der Waals surface area contributed by atoms with Crippen molar-refractivity contribution in [1.82, 2.24) is 10.2 Å². The molecule has 0 atom stereocenters. The van der Waals surface area contributed by atoms with Gasteiger partial charge in [0, 0.05) is 6.07 Å². The number of hydrogen-bond acceptors (Lipinski definition) is 7. The molecule has 116 valence electrons. The number of amides is 1. The van der Waals surface area contributed by atoms with Gasteiger partial charge in [-0.3, -0.25) is 0 Å². The molecule has 9 heteroatoms. The van der Waals surface area contributed by atoms with Crippen LogP contribution in [0.25, 0.3) is 0 Å². The minimum absolute atomic E-state index is 0.0893. The van der Waals surface area contributed by atoms with E-state index in [-0.39, 0.29) is 30.6 Å². The van der Waals surface area contributed by atoms with Crippen LogP contribution >= 0.6 is 0 Å². The predicted molar refractivity (Wildman–Crippen MR) is 74.6 cm³/mol. The zero-order valence-corrected chi connectivity index (χ0v) is 12.2. The Labute approximate surface area is 122 Å². The molecule has 0 aliphatic heterocycles. The SMILES string of the molecule is CC(C)(C)OC(=O)N=C(N)c1ccc(OCCON)nn1. The van der Waals surface area contributed by atoms with Crippen molar-refractivity contribution < 1.29 is 19.1 Å². The van der Waals surface area contributed by atoms with Gasteiger partial charge in [0.2, 0.25) is 5.88 Å². The van der Waals surface area contributed by atoms with Crippen LogP contribution in [-0.2, 0) is 9.57 Å². The average Bonchev–Trinajstić information content (AvgIpc) is 2.37. The summed E-state index contributed by atoms with van der Waals surface area (Å²) in [5.41, 5.74) is 5.25. The highest BCUT2D eigenvalue weighted by molar-refractivity contribution is 6.01. The minimum Gasteiger partial charge on any atom is -0.474 e. The first-order valence-electron chi connectivity index (χ1n) is 6.17. The number of carbonyl (C=O) groups excluding carboxylic acids is 1. The Bertz CT molecular complexity index is 495. The van der Waals surface area contributed by atoms with Gasteiger partial charge in [-0.2, -0.15) is 4.99 Å². The maximum atomic E-state index is 11.5. The molecule has 1 aromatic rings. The predicted octanol–water partition coefficient (Wildman–Crippen LogP) is 0.386. The number of nitrogens with two attached hydrogens (primary N) is 2. The molecule has 0 radical (unpaired) electrons. The van der Waals surface area contributed by atoms with Gasteiger partial charge in [-0.25, -0.2) is 10.7 Å². The first-order valence-corrected chi connectivity index (χ1v) is 6.17. The van der Waals surface area contributed by atoms with E-state index in [1.807, 2.05) is 0 Å². The molecule has 0 spiro atoms. The van der Waals surface area contributed by atoms with E-state index in [1.165, 1.54) is 12.1 Å². The molecule has 0 saturated carbocycles. The number of nitrogens with zero attached hydrogens (tertiary/aromatic N) is 3. The van der Waals surface area contributed by atoms with Crippen molar-refractivity contribution in [1.29, 1.82) is 0 Å². The number of rotatable bonds is 5. The molecule has 0 aliphatic rings. The van der Waals surface area contributed by atoms with E-state index in [0.29, 0.717) is 0 Å². The van der Waals surface area contributed by atoms with Crippen LogP contribution in [-0.4, -0.2) is 40.9 Å². The minimum atomic E-state index is -0.790. The summed E-state index contributed by atoms with van der Waals surface area (Å²) >= 11 is 0. The zero-order valence-electron chi connectivity index (χ0n) is 12.2. The van der Waals surface area contributed by atoms with Crippen LogP contribution in [0.5, 0.6) is 5.88 Å². The van der Waals surface area contributed by atoms with Gasteiger partial charge >= 0.3 is 6.09 Å². The van der Waals surface area contributed by atoms with Crippen molar-refractivity contribution in [2.75, 3.05) is 13.2 Å². The second-order valence-electron chi connectivity index (χ2n) is 4.95. The van der Waals surface area contributed by atoms with Gasteiger partial charge in [0.05, 0.1) is 0 Å². The number of ether oxygens (including phenoxy) is 2. The maximum Gasteiger partial charge on any atom is 0.436 e. The zero-order chi connectivity index (χ0) is 15.9. The molecule has 1 heterocycles. The molecular weight excluding hydrogens is 278 g/mol. The molecule has 0 saturated heterocycles. The monoisotopic (exact) mass is 297 g/mol. The molecule has 4 N–H and O–H groups in total. The lowest BCUT2D eigenvalue weighted by atomic mass is 10.2. The van der Waals surface area contributed by atoms with Gasteiger partial charge in [0.1, 0.15) is 24.5 Å². The van der Waals surface area contributed by atoms with E-state index in [9.17, 15) is 4.79 Å². The van der Waals surface area contributed by atoms with Crippen LogP contribution in [0.3, 0.4) is 0 Å². The van der Waals surface area contributed by atoms with Crippen LogP contribution in [0.2, 0.25) is 0 Å². The van der Waals surface area contributed by atoms with E-state index in [4.69, 9.17) is 21.1 Å². The van der Waals surface area contributed by atoms with Crippen molar-refractivity contribution in [3.63, 3.8) is 0 Å². The third-order valence-electron chi connectivity index (χ3n) is 1.96. The van der Waals surface area contributed by atoms with Crippen LogP contribution < -0.4 is 16.4 Å². The summed E-state index contributed by atoms with van der Waals surface area (Å²) in [7, 11) is 0. The highest BCUT2D eigenvalue weighted by Gasteiger charge is 2.16. The van der Waals surface area contributed by atoms with Crippen molar-refractivity contribution in [3.05, 3.63) is 17.8 Å². The Morgan fingerprint density at radius 3 is 2.52 bits per heavy atom. The standard InChI is InChI=1S/C12H19N5O4/c1-12(2,3)21-11(18)15-10(13)8-4-5-9(17-16-8)19-6-7-20-14/h4-5H,6-7,14H2,1-3H3,(H2,13,15,18). The lowest BCUT2D eigenvalue weighted by Gasteiger charge is -2.17. The Morgan fingerprint density at radius 2 is 2.00 bits per heavy atom. The molecule has 9 nitrogen and oxygen atoms in total. The van der Waals surface area contributed by atoms with E-state index >= 15 is 0 Å². The van der Waals surface area contributed by atoms with Crippen molar-refractivity contribution in [2.24, 2.45) is 16.6 Å². The molecule has 0 aromatic carbocycles. The fourth-order valence-electron chi connectivity index (χ4n) is 1.17. The first-order chi connectivity index (χ1) is 9.81. The molecule has 21 heavy (non-hydrogen) atoms. The van der Waals surface area contributed by atoms with Crippen LogP contribution in [0.1, 0.15) is 26.5 Å². The van der Waals surface area contributed by atoms with Crippen LogP contribution in [0, 0.1) is 0 Å². The van der Waals surface area contributed by atoms with E-state index in [1.54, 1.807) is 20.8 Å². The number of carbonyl (C=O) groups is 1. The Kier molecular flexibility index (Phi) is 6.00. The van der Waals surface area contributed by atoms with Gasteiger partial charge in [0.25, 0.3) is 0 Å². The molecule has 1 amide bonds. The van der Waals surface area contributed by atoms with E-state index in [0.717, 1.165) is 0 Å². The Hall–Kier alpha value is -2.26.